The van der Waals surface area contributed by atoms with Gasteiger partial charge in [0.15, 0.2) is 0 Å². The Labute approximate surface area is 126 Å². The van der Waals surface area contributed by atoms with Crippen molar-refractivity contribution in [1.82, 2.24) is 4.57 Å². The number of fused-ring (bicyclic) bond motifs is 1. The van der Waals surface area contributed by atoms with Gasteiger partial charge in [-0.25, -0.2) is 0 Å². The number of benzene rings is 2. The van der Waals surface area contributed by atoms with E-state index in [1.807, 2.05) is 30.3 Å². The zero-order chi connectivity index (χ0) is 14.1. The number of nitrogen functional groups attached to an aromatic ring is 1. The predicted octanol–water partition coefficient (Wildman–Crippen LogP) is 4.04. The summed E-state index contributed by atoms with van der Waals surface area (Å²) in [6.07, 6.45) is 2.08. The Hall–Kier alpha value is -1.94. The predicted molar refractivity (Wildman–Crippen MR) is 86.1 cm³/mol. The van der Waals surface area contributed by atoms with Crippen LogP contribution in [0.25, 0.3) is 10.9 Å². The summed E-state index contributed by atoms with van der Waals surface area (Å²) in [7, 11) is 1.68. The molecule has 0 aliphatic rings. The molecule has 20 heavy (non-hydrogen) atoms. The van der Waals surface area contributed by atoms with Gasteiger partial charge in [0.25, 0.3) is 0 Å². The largest absolute Gasteiger partial charge is 0.496 e. The van der Waals surface area contributed by atoms with Crippen LogP contribution in [0.3, 0.4) is 0 Å². The van der Waals surface area contributed by atoms with Crippen molar-refractivity contribution in [3.05, 3.63) is 58.7 Å². The molecule has 2 N–H and O–H groups in total. The number of nitrogens with two attached hydrogens (primary N) is 1. The zero-order valence-corrected chi connectivity index (χ0v) is 12.7. The molecule has 0 bridgehead atoms. The molecule has 0 spiro atoms. The fourth-order valence-electron chi connectivity index (χ4n) is 2.43. The molecule has 0 aliphatic carbocycles. The molecule has 0 saturated carbocycles. The minimum atomic E-state index is 0.730. The van der Waals surface area contributed by atoms with Crippen LogP contribution in [0.5, 0.6) is 5.75 Å². The van der Waals surface area contributed by atoms with Gasteiger partial charge < -0.3 is 15.0 Å². The average Bonchev–Trinajstić information content (AvgIpc) is 2.84. The van der Waals surface area contributed by atoms with E-state index >= 15 is 0 Å². The molecule has 0 radical (unpaired) electrons. The van der Waals surface area contributed by atoms with E-state index in [1.165, 1.54) is 10.9 Å². The molecule has 102 valence electrons. The van der Waals surface area contributed by atoms with Crippen molar-refractivity contribution in [2.45, 2.75) is 6.54 Å². The highest BCUT2D eigenvalue weighted by molar-refractivity contribution is 9.10. The second-order valence-electron chi connectivity index (χ2n) is 4.69. The van der Waals surface area contributed by atoms with Crippen LogP contribution >= 0.6 is 15.9 Å². The SMILES string of the molecule is COc1ccc(N)cc1Cn1ccc2c(Br)cccc21. The molecule has 3 aromatic rings. The third kappa shape index (κ3) is 2.27. The summed E-state index contributed by atoms with van der Waals surface area (Å²) in [5.74, 6) is 0.857. The number of halogens is 1. The standard InChI is InChI=1S/C16H15BrN2O/c1-20-16-6-5-12(18)9-11(16)10-19-8-7-13-14(17)3-2-4-15(13)19/h2-9H,10,18H2,1H3. The van der Waals surface area contributed by atoms with Crippen LogP contribution in [0.1, 0.15) is 5.56 Å². The Morgan fingerprint density at radius 2 is 2.05 bits per heavy atom. The highest BCUT2D eigenvalue weighted by Crippen LogP contribution is 2.27. The molecule has 4 heteroatoms. The summed E-state index contributed by atoms with van der Waals surface area (Å²) in [6.45, 7) is 0.730. The summed E-state index contributed by atoms with van der Waals surface area (Å²) >= 11 is 3.58. The van der Waals surface area contributed by atoms with Gasteiger partial charge in [0, 0.05) is 32.8 Å². The van der Waals surface area contributed by atoms with Crippen LogP contribution < -0.4 is 10.5 Å². The number of hydrogen-bond acceptors (Lipinski definition) is 2. The summed E-state index contributed by atoms with van der Waals surface area (Å²) in [5, 5.41) is 1.20. The third-order valence-corrected chi connectivity index (χ3v) is 4.10. The van der Waals surface area contributed by atoms with Gasteiger partial charge in [-0.1, -0.05) is 22.0 Å². The Morgan fingerprint density at radius 3 is 2.85 bits per heavy atom. The van der Waals surface area contributed by atoms with E-state index in [0.717, 1.165) is 28.0 Å². The molecule has 0 atom stereocenters. The Morgan fingerprint density at radius 1 is 1.20 bits per heavy atom. The summed E-state index contributed by atoms with van der Waals surface area (Å²) in [6, 6.07) is 14.0. The Kier molecular flexibility index (Phi) is 3.40. The highest BCUT2D eigenvalue weighted by Gasteiger charge is 2.08. The number of anilines is 1. The molecule has 3 rings (SSSR count). The van der Waals surface area contributed by atoms with Crippen LogP contribution in [0.2, 0.25) is 0 Å². The molecule has 0 fully saturated rings. The third-order valence-electron chi connectivity index (χ3n) is 3.41. The van der Waals surface area contributed by atoms with E-state index in [0.29, 0.717) is 0 Å². The maximum absolute atomic E-state index is 5.88. The fraction of sp³-hybridized carbons (Fsp3) is 0.125. The first-order valence-electron chi connectivity index (χ1n) is 6.35. The van der Waals surface area contributed by atoms with Gasteiger partial charge in [-0.15, -0.1) is 0 Å². The maximum atomic E-state index is 5.88. The first-order chi connectivity index (χ1) is 9.69. The van der Waals surface area contributed by atoms with E-state index in [4.69, 9.17) is 10.5 Å². The second kappa shape index (κ2) is 5.21. The van der Waals surface area contributed by atoms with E-state index in [-0.39, 0.29) is 0 Å². The normalized spacial score (nSPS) is 10.9. The van der Waals surface area contributed by atoms with Crippen LogP contribution in [-0.2, 0) is 6.54 Å². The summed E-state index contributed by atoms with van der Waals surface area (Å²) in [5.41, 5.74) is 8.88. The molecule has 1 aromatic heterocycles. The fourth-order valence-corrected chi connectivity index (χ4v) is 2.92. The lowest BCUT2D eigenvalue weighted by Gasteiger charge is -2.11. The van der Waals surface area contributed by atoms with Gasteiger partial charge in [-0.2, -0.15) is 0 Å². The van der Waals surface area contributed by atoms with E-state index in [9.17, 15) is 0 Å². The first kappa shape index (κ1) is 13.1. The summed E-state index contributed by atoms with van der Waals surface area (Å²) in [4.78, 5) is 0. The lowest BCUT2D eigenvalue weighted by Crippen LogP contribution is -2.01. The molecule has 0 saturated heterocycles. The molecular formula is C16H15BrN2O. The number of methoxy groups -OCH3 is 1. The van der Waals surface area contributed by atoms with Crippen molar-refractivity contribution in [3.63, 3.8) is 0 Å². The van der Waals surface area contributed by atoms with Crippen LogP contribution in [0.4, 0.5) is 5.69 Å². The second-order valence-corrected chi connectivity index (χ2v) is 5.54. The number of hydrogen-bond donors (Lipinski definition) is 1. The van der Waals surface area contributed by atoms with Crippen molar-refractivity contribution in [3.8, 4) is 5.75 Å². The van der Waals surface area contributed by atoms with Gasteiger partial charge in [-0.05, 0) is 36.4 Å². The van der Waals surface area contributed by atoms with E-state index in [2.05, 4.69) is 38.8 Å². The van der Waals surface area contributed by atoms with Gasteiger partial charge >= 0.3 is 0 Å². The molecule has 0 amide bonds. The van der Waals surface area contributed by atoms with Crippen LogP contribution in [0.15, 0.2) is 53.1 Å². The molecule has 0 unspecified atom stereocenters. The van der Waals surface area contributed by atoms with Gasteiger partial charge in [0.2, 0.25) is 0 Å². The van der Waals surface area contributed by atoms with Crippen molar-refractivity contribution < 1.29 is 4.74 Å². The Bertz CT molecular complexity index is 764. The van der Waals surface area contributed by atoms with Crippen molar-refractivity contribution in [2.24, 2.45) is 0 Å². The number of aromatic nitrogens is 1. The van der Waals surface area contributed by atoms with Crippen molar-refractivity contribution in [2.75, 3.05) is 12.8 Å². The molecule has 2 aromatic carbocycles. The van der Waals surface area contributed by atoms with Crippen LogP contribution in [-0.4, -0.2) is 11.7 Å². The lowest BCUT2D eigenvalue weighted by atomic mass is 10.1. The quantitative estimate of drug-likeness (QED) is 0.736. The minimum Gasteiger partial charge on any atom is -0.496 e. The van der Waals surface area contributed by atoms with Crippen LogP contribution in [0, 0.1) is 0 Å². The van der Waals surface area contributed by atoms with Gasteiger partial charge in [0.05, 0.1) is 13.7 Å². The maximum Gasteiger partial charge on any atom is 0.124 e. The average molecular weight is 331 g/mol. The molecular weight excluding hydrogens is 316 g/mol. The minimum absolute atomic E-state index is 0.730. The molecule has 0 aliphatic heterocycles. The zero-order valence-electron chi connectivity index (χ0n) is 11.1. The first-order valence-corrected chi connectivity index (χ1v) is 7.14. The van der Waals surface area contributed by atoms with Crippen molar-refractivity contribution in [1.29, 1.82) is 0 Å². The highest BCUT2D eigenvalue weighted by atomic mass is 79.9. The Balaban J connectivity index is 2.06. The smallest absolute Gasteiger partial charge is 0.124 e. The molecule has 3 nitrogen and oxygen atoms in total. The van der Waals surface area contributed by atoms with E-state index < -0.39 is 0 Å². The topological polar surface area (TPSA) is 40.2 Å². The lowest BCUT2D eigenvalue weighted by molar-refractivity contribution is 0.408. The monoisotopic (exact) mass is 330 g/mol. The van der Waals surface area contributed by atoms with Gasteiger partial charge in [-0.3, -0.25) is 0 Å². The number of rotatable bonds is 3. The van der Waals surface area contributed by atoms with E-state index in [1.54, 1.807) is 7.11 Å². The van der Waals surface area contributed by atoms with Gasteiger partial charge in [0.1, 0.15) is 5.75 Å². The summed E-state index contributed by atoms with van der Waals surface area (Å²) < 4.78 is 8.70. The number of ether oxygens (including phenoxy) is 1. The number of nitrogens with zero attached hydrogens (tertiary/aromatic N) is 1. The molecule has 1 heterocycles. The van der Waals surface area contributed by atoms with Crippen molar-refractivity contribution >= 4 is 32.5 Å².